The molecule has 1 heterocycles. The average molecular weight is 440 g/mol. The van der Waals surface area contributed by atoms with Crippen LogP contribution < -0.4 is 0 Å². The van der Waals surface area contributed by atoms with Crippen molar-refractivity contribution in [3.05, 3.63) is 0 Å². The first-order chi connectivity index (χ1) is 14.6. The Kier molecular flexibility index (Phi) is 13.0. The van der Waals surface area contributed by atoms with Crippen molar-refractivity contribution >= 4 is 17.7 Å². The lowest BCUT2D eigenvalue weighted by Crippen LogP contribution is -2.43. The summed E-state index contributed by atoms with van der Waals surface area (Å²) < 4.78 is 5.38. The second kappa shape index (κ2) is 14.6. The van der Waals surface area contributed by atoms with Crippen molar-refractivity contribution in [1.29, 1.82) is 0 Å². The third-order valence-corrected chi connectivity index (χ3v) is 6.19. The Morgan fingerprint density at radius 1 is 1.10 bits per heavy atom. The van der Waals surface area contributed by atoms with Crippen LogP contribution >= 0.6 is 0 Å². The van der Waals surface area contributed by atoms with Gasteiger partial charge in [0.15, 0.2) is 0 Å². The first-order valence-corrected chi connectivity index (χ1v) is 12.0. The van der Waals surface area contributed by atoms with Gasteiger partial charge in [0.2, 0.25) is 5.91 Å². The largest absolute Gasteiger partial charge is 0.465 e. The van der Waals surface area contributed by atoms with Gasteiger partial charge in [-0.3, -0.25) is 19.3 Å². The monoisotopic (exact) mass is 439 g/mol. The molecule has 1 saturated heterocycles. The van der Waals surface area contributed by atoms with Crippen LogP contribution in [0.2, 0.25) is 0 Å². The number of nitrogens with zero attached hydrogens (tertiary/aromatic N) is 3. The van der Waals surface area contributed by atoms with Gasteiger partial charge in [0, 0.05) is 25.6 Å². The molecule has 0 aromatic rings. The maximum absolute atomic E-state index is 12.8. The molecule has 0 saturated carbocycles. The molecule has 7 heteroatoms. The molecule has 0 spiro atoms. The van der Waals surface area contributed by atoms with Gasteiger partial charge in [-0.2, -0.15) is 0 Å². The molecule has 0 bridgehead atoms. The Bertz CT molecular complexity index is 569. The van der Waals surface area contributed by atoms with Crippen LogP contribution in [0.25, 0.3) is 0 Å². The summed E-state index contributed by atoms with van der Waals surface area (Å²) in [6.45, 7) is 12.4. The molecule has 0 aromatic heterocycles. The number of Topliss-reactive ketones (excluding diaryl/α,β-unsaturated/α-hetero) is 1. The maximum Gasteiger partial charge on any atom is 0.316 e. The van der Waals surface area contributed by atoms with Gasteiger partial charge >= 0.3 is 5.97 Å². The van der Waals surface area contributed by atoms with Crippen LogP contribution in [0.4, 0.5) is 0 Å². The fraction of sp³-hybridized carbons (Fsp3) is 0.875. The molecule has 7 nitrogen and oxygen atoms in total. The van der Waals surface area contributed by atoms with Crippen LogP contribution in [-0.2, 0) is 19.1 Å². The van der Waals surface area contributed by atoms with Crippen molar-refractivity contribution in [3.63, 3.8) is 0 Å². The molecular formula is C24H45N3O4. The van der Waals surface area contributed by atoms with E-state index in [2.05, 4.69) is 25.8 Å². The van der Waals surface area contributed by atoms with Gasteiger partial charge in [-0.05, 0) is 72.1 Å². The zero-order chi connectivity index (χ0) is 23.4. The van der Waals surface area contributed by atoms with Gasteiger partial charge in [0.25, 0.3) is 0 Å². The van der Waals surface area contributed by atoms with Crippen molar-refractivity contribution in [2.24, 2.45) is 17.8 Å². The van der Waals surface area contributed by atoms with Crippen molar-refractivity contribution in [2.75, 3.05) is 60.0 Å². The molecular weight excluding hydrogens is 394 g/mol. The number of cyclic esters (lactones) is 1. The zero-order valence-corrected chi connectivity index (χ0v) is 20.7. The number of esters is 1. The SMILES string of the molecule is CCCN(C)CC(=O)N1CCCOC(=O)[C@H](C)C(=O)[C@H](C)C[C@H](C)CCCN(C)CC1. The summed E-state index contributed by atoms with van der Waals surface area (Å²) in [7, 11) is 4.07. The van der Waals surface area contributed by atoms with E-state index in [0.29, 0.717) is 32.0 Å². The fourth-order valence-electron chi connectivity index (χ4n) is 4.20. The molecule has 3 atom stereocenters. The highest BCUT2D eigenvalue weighted by atomic mass is 16.5. The van der Waals surface area contributed by atoms with Crippen LogP contribution in [-0.4, -0.2) is 92.3 Å². The number of rotatable bonds is 4. The van der Waals surface area contributed by atoms with Crippen LogP contribution in [0.1, 0.15) is 59.8 Å². The van der Waals surface area contributed by atoms with E-state index < -0.39 is 11.9 Å². The minimum atomic E-state index is -0.732. The lowest BCUT2D eigenvalue weighted by molar-refractivity contribution is -0.152. The van der Waals surface area contributed by atoms with Gasteiger partial charge in [0.1, 0.15) is 11.7 Å². The van der Waals surface area contributed by atoms with Gasteiger partial charge in [-0.15, -0.1) is 0 Å². The Hall–Kier alpha value is -1.47. The average Bonchev–Trinajstić information content (AvgIpc) is 2.71. The molecule has 0 aromatic carbocycles. The van der Waals surface area contributed by atoms with Crippen molar-refractivity contribution in [1.82, 2.24) is 14.7 Å². The maximum atomic E-state index is 12.8. The van der Waals surface area contributed by atoms with E-state index in [9.17, 15) is 14.4 Å². The van der Waals surface area contributed by atoms with Crippen molar-refractivity contribution in [2.45, 2.75) is 59.8 Å². The minimum Gasteiger partial charge on any atom is -0.465 e. The molecule has 180 valence electrons. The highest BCUT2D eigenvalue weighted by molar-refractivity contribution is 5.99. The molecule has 0 unspecified atom stereocenters. The van der Waals surface area contributed by atoms with E-state index in [-0.39, 0.29) is 24.2 Å². The molecule has 31 heavy (non-hydrogen) atoms. The number of ketones is 1. The summed E-state index contributed by atoms with van der Waals surface area (Å²) in [6, 6.07) is 0. The second-order valence-electron chi connectivity index (χ2n) is 9.45. The number of ether oxygens (including phenoxy) is 1. The van der Waals surface area contributed by atoms with Crippen LogP contribution in [0, 0.1) is 17.8 Å². The highest BCUT2D eigenvalue weighted by Gasteiger charge is 2.28. The van der Waals surface area contributed by atoms with Gasteiger partial charge in [-0.1, -0.05) is 20.8 Å². The Balaban J connectivity index is 2.80. The third-order valence-electron chi connectivity index (χ3n) is 6.19. The normalized spacial score (nSPS) is 26.5. The van der Waals surface area contributed by atoms with Gasteiger partial charge in [0.05, 0.1) is 13.2 Å². The number of carbonyl (C=O) groups is 3. The Morgan fingerprint density at radius 3 is 2.48 bits per heavy atom. The molecule has 0 radical (unpaired) electrons. The number of hydrogen-bond donors (Lipinski definition) is 0. The molecule has 1 aliphatic rings. The molecule has 1 rings (SSSR count). The zero-order valence-electron chi connectivity index (χ0n) is 20.7. The molecule has 1 aliphatic heterocycles. The first-order valence-electron chi connectivity index (χ1n) is 12.0. The summed E-state index contributed by atoms with van der Waals surface area (Å²) in [6.07, 6.45) is 4.49. The number of hydrogen-bond acceptors (Lipinski definition) is 6. The fourth-order valence-corrected chi connectivity index (χ4v) is 4.20. The van der Waals surface area contributed by atoms with Crippen molar-refractivity contribution < 1.29 is 19.1 Å². The lowest BCUT2D eigenvalue weighted by Gasteiger charge is -2.28. The topological polar surface area (TPSA) is 70.2 Å². The number of likely N-dealkylation sites (N-methyl/N-ethyl adjacent to an activating group) is 2. The predicted octanol–water partition coefficient (Wildman–Crippen LogP) is 2.68. The standard InChI is InChI=1S/C24H45N3O4/c1-7-11-26(6)18-22(28)27-13-9-16-31-24(30)21(4)23(29)20(3)17-19(2)10-8-12-25(5)14-15-27/h19-21H,7-18H2,1-6H3/t19-,20-,21-/m1/s1. The Morgan fingerprint density at radius 2 is 1.81 bits per heavy atom. The van der Waals surface area contributed by atoms with Crippen LogP contribution in [0.3, 0.4) is 0 Å². The van der Waals surface area contributed by atoms with E-state index >= 15 is 0 Å². The molecule has 0 aliphatic carbocycles. The van der Waals surface area contributed by atoms with Crippen molar-refractivity contribution in [3.8, 4) is 0 Å². The van der Waals surface area contributed by atoms with E-state index in [0.717, 1.165) is 45.3 Å². The van der Waals surface area contributed by atoms with E-state index in [1.54, 1.807) is 6.92 Å². The number of carbonyl (C=O) groups excluding carboxylic acids is 3. The van der Waals surface area contributed by atoms with E-state index in [4.69, 9.17) is 4.74 Å². The third kappa shape index (κ3) is 10.6. The smallest absolute Gasteiger partial charge is 0.316 e. The van der Waals surface area contributed by atoms with Gasteiger partial charge in [-0.25, -0.2) is 0 Å². The number of amides is 1. The van der Waals surface area contributed by atoms with Crippen LogP contribution in [0.5, 0.6) is 0 Å². The van der Waals surface area contributed by atoms with E-state index in [1.807, 2.05) is 23.8 Å². The van der Waals surface area contributed by atoms with Crippen LogP contribution in [0.15, 0.2) is 0 Å². The predicted molar refractivity (Wildman–Crippen MR) is 124 cm³/mol. The summed E-state index contributed by atoms with van der Waals surface area (Å²) in [5, 5.41) is 0. The lowest BCUT2D eigenvalue weighted by atomic mass is 9.86. The quantitative estimate of drug-likeness (QED) is 0.495. The first kappa shape index (κ1) is 27.6. The summed E-state index contributed by atoms with van der Waals surface area (Å²) >= 11 is 0. The summed E-state index contributed by atoms with van der Waals surface area (Å²) in [5.41, 5.74) is 0. The summed E-state index contributed by atoms with van der Waals surface area (Å²) in [4.78, 5) is 44.0. The molecule has 1 fully saturated rings. The minimum absolute atomic E-state index is 0.0333. The second-order valence-corrected chi connectivity index (χ2v) is 9.45. The molecule has 1 amide bonds. The Labute approximate surface area is 189 Å². The van der Waals surface area contributed by atoms with E-state index in [1.165, 1.54) is 0 Å². The summed E-state index contributed by atoms with van der Waals surface area (Å²) in [5.74, 6) is -0.815. The van der Waals surface area contributed by atoms with Gasteiger partial charge < -0.3 is 14.5 Å². The molecule has 0 N–H and O–H groups in total. The highest BCUT2D eigenvalue weighted by Crippen LogP contribution is 2.21.